The van der Waals surface area contributed by atoms with E-state index in [2.05, 4.69) is 15.1 Å². The van der Waals surface area contributed by atoms with Crippen molar-refractivity contribution in [2.24, 2.45) is 0 Å². The van der Waals surface area contributed by atoms with Crippen molar-refractivity contribution in [3.63, 3.8) is 0 Å². The summed E-state index contributed by atoms with van der Waals surface area (Å²) in [4.78, 5) is 14.1. The van der Waals surface area contributed by atoms with E-state index in [-0.39, 0.29) is 18.8 Å². The van der Waals surface area contributed by atoms with Gasteiger partial charge in [0.15, 0.2) is 11.5 Å². The van der Waals surface area contributed by atoms with Gasteiger partial charge in [-0.1, -0.05) is 0 Å². The number of aromatic nitrogens is 2. The summed E-state index contributed by atoms with van der Waals surface area (Å²) in [5.41, 5.74) is 2.97. The number of rotatable bonds is 4. The zero-order chi connectivity index (χ0) is 16.5. The van der Waals surface area contributed by atoms with Gasteiger partial charge in [0.25, 0.3) is 0 Å². The molecule has 1 aromatic heterocycles. The first-order chi connectivity index (χ1) is 11.8. The Kier molecular flexibility index (Phi) is 3.86. The first kappa shape index (κ1) is 15.0. The fraction of sp³-hybridized carbons (Fsp3) is 0.412. The van der Waals surface area contributed by atoms with E-state index < -0.39 is 0 Å². The van der Waals surface area contributed by atoms with Gasteiger partial charge in [-0.05, 0) is 37.6 Å². The molecular weight excluding hydrogens is 310 g/mol. The van der Waals surface area contributed by atoms with Gasteiger partial charge in [-0.2, -0.15) is 5.10 Å². The number of fused-ring (bicyclic) bond motifs is 1. The number of ether oxygens (including phenoxy) is 3. The minimum atomic E-state index is -0.172. The summed E-state index contributed by atoms with van der Waals surface area (Å²) in [6.45, 7) is 1.79. The highest BCUT2D eigenvalue weighted by molar-refractivity contribution is 5.76. The zero-order valence-electron chi connectivity index (χ0n) is 13.4. The molecule has 1 saturated heterocycles. The third-order valence-electron chi connectivity index (χ3n) is 4.59. The first-order valence-electron chi connectivity index (χ1n) is 8.00. The average molecular weight is 329 g/mol. The van der Waals surface area contributed by atoms with Crippen LogP contribution in [-0.4, -0.2) is 47.6 Å². The fourth-order valence-electron chi connectivity index (χ4n) is 3.37. The highest BCUT2D eigenvalue weighted by Gasteiger charge is 2.32. The zero-order valence-corrected chi connectivity index (χ0v) is 13.4. The lowest BCUT2D eigenvalue weighted by molar-refractivity contribution is -0.146. The number of aromatic amines is 1. The number of H-pyrrole nitrogens is 1. The lowest BCUT2D eigenvalue weighted by Crippen LogP contribution is -2.36. The third kappa shape index (κ3) is 2.60. The van der Waals surface area contributed by atoms with Crippen molar-refractivity contribution < 1.29 is 19.0 Å². The number of likely N-dealkylation sites (tertiary alicyclic amines) is 1. The molecule has 1 N–H and O–H groups in total. The van der Waals surface area contributed by atoms with Crippen LogP contribution in [0.1, 0.15) is 18.4 Å². The van der Waals surface area contributed by atoms with Gasteiger partial charge in [0.2, 0.25) is 6.79 Å². The quantitative estimate of drug-likeness (QED) is 0.864. The maximum Gasteiger partial charge on any atom is 0.323 e. The number of hydrogen-bond donors (Lipinski definition) is 1. The molecule has 1 fully saturated rings. The molecule has 126 valence electrons. The van der Waals surface area contributed by atoms with Crippen LogP contribution >= 0.6 is 0 Å². The van der Waals surface area contributed by atoms with Crippen LogP contribution in [0.5, 0.6) is 11.5 Å². The Morgan fingerprint density at radius 2 is 2.29 bits per heavy atom. The van der Waals surface area contributed by atoms with Crippen molar-refractivity contribution in [1.29, 1.82) is 0 Å². The number of nitrogens with zero attached hydrogens (tertiary/aromatic N) is 2. The van der Waals surface area contributed by atoms with Crippen molar-refractivity contribution >= 4 is 5.97 Å². The molecule has 7 nitrogen and oxygen atoms in total. The summed E-state index contributed by atoms with van der Waals surface area (Å²) in [6, 6.07) is 5.65. The smallest absolute Gasteiger partial charge is 0.323 e. The average Bonchev–Trinajstić information content (AvgIpc) is 3.34. The summed E-state index contributed by atoms with van der Waals surface area (Å²) in [7, 11) is 1.44. The second kappa shape index (κ2) is 6.16. The van der Waals surface area contributed by atoms with Gasteiger partial charge < -0.3 is 14.2 Å². The number of nitrogens with one attached hydrogen (secondary N) is 1. The van der Waals surface area contributed by atoms with Gasteiger partial charge >= 0.3 is 5.97 Å². The van der Waals surface area contributed by atoms with Crippen LogP contribution in [-0.2, 0) is 16.1 Å². The Bertz CT molecular complexity index is 758. The van der Waals surface area contributed by atoms with E-state index in [9.17, 15) is 4.79 Å². The first-order valence-corrected chi connectivity index (χ1v) is 8.00. The number of methoxy groups -OCH3 is 1. The van der Waals surface area contributed by atoms with E-state index in [0.717, 1.165) is 47.7 Å². The number of esters is 1. The molecule has 0 spiro atoms. The number of carbonyl (C=O) groups is 1. The molecule has 24 heavy (non-hydrogen) atoms. The van der Waals surface area contributed by atoms with Crippen LogP contribution in [0, 0.1) is 0 Å². The van der Waals surface area contributed by atoms with Crippen LogP contribution in [0.4, 0.5) is 0 Å². The fourth-order valence-corrected chi connectivity index (χ4v) is 3.37. The molecule has 0 amide bonds. The Labute approximate surface area is 139 Å². The summed E-state index contributed by atoms with van der Waals surface area (Å²) in [5.74, 6) is 1.33. The number of carbonyl (C=O) groups excluding carboxylic acids is 1. The summed E-state index contributed by atoms with van der Waals surface area (Å²) in [6.07, 6.45) is 3.65. The van der Waals surface area contributed by atoms with Crippen LogP contribution in [0.25, 0.3) is 11.3 Å². The van der Waals surface area contributed by atoms with Gasteiger partial charge in [0.05, 0.1) is 19.0 Å². The molecule has 0 unspecified atom stereocenters. The Balaban J connectivity index is 1.58. The van der Waals surface area contributed by atoms with Gasteiger partial charge in [-0.15, -0.1) is 0 Å². The lowest BCUT2D eigenvalue weighted by Gasteiger charge is -2.22. The van der Waals surface area contributed by atoms with Crippen molar-refractivity contribution in [3.8, 4) is 22.8 Å². The minimum Gasteiger partial charge on any atom is -0.468 e. The lowest BCUT2D eigenvalue weighted by atomic mass is 10.1. The molecule has 1 atom stereocenters. The van der Waals surface area contributed by atoms with Crippen LogP contribution in [0.3, 0.4) is 0 Å². The van der Waals surface area contributed by atoms with Gasteiger partial charge in [0, 0.05) is 17.7 Å². The SMILES string of the molecule is COC(=O)[C@@H]1CCCN1Cc1cn[nH]c1-c1ccc2c(c1)OCO2. The van der Waals surface area contributed by atoms with Crippen LogP contribution in [0.15, 0.2) is 24.4 Å². The van der Waals surface area contributed by atoms with Gasteiger partial charge in [-0.25, -0.2) is 0 Å². The molecule has 0 aliphatic carbocycles. The van der Waals surface area contributed by atoms with E-state index in [1.807, 2.05) is 24.4 Å². The third-order valence-corrected chi connectivity index (χ3v) is 4.59. The maximum absolute atomic E-state index is 11.9. The summed E-state index contributed by atoms with van der Waals surface area (Å²) < 4.78 is 15.7. The predicted molar refractivity (Wildman–Crippen MR) is 85.6 cm³/mol. The van der Waals surface area contributed by atoms with Gasteiger partial charge in [-0.3, -0.25) is 14.8 Å². The van der Waals surface area contributed by atoms with Crippen LogP contribution in [0.2, 0.25) is 0 Å². The van der Waals surface area contributed by atoms with Crippen molar-refractivity contribution in [3.05, 3.63) is 30.0 Å². The maximum atomic E-state index is 11.9. The summed E-state index contributed by atoms with van der Waals surface area (Å²) >= 11 is 0. The summed E-state index contributed by atoms with van der Waals surface area (Å²) in [5, 5.41) is 7.24. The monoisotopic (exact) mass is 329 g/mol. The standard InChI is InChI=1S/C17H19N3O4/c1-22-17(21)13-3-2-6-20(13)9-12-8-18-19-16(12)11-4-5-14-15(7-11)24-10-23-14/h4-5,7-8,13H,2-3,6,9-10H2,1H3,(H,18,19)/t13-/m0/s1. The van der Waals surface area contributed by atoms with Crippen molar-refractivity contribution in [2.45, 2.75) is 25.4 Å². The van der Waals surface area contributed by atoms with E-state index in [1.54, 1.807) is 0 Å². The minimum absolute atomic E-state index is 0.166. The highest BCUT2D eigenvalue weighted by atomic mass is 16.7. The van der Waals surface area contributed by atoms with E-state index in [1.165, 1.54) is 7.11 Å². The van der Waals surface area contributed by atoms with Gasteiger partial charge in [0.1, 0.15) is 6.04 Å². The normalized spacial score (nSPS) is 19.6. The van der Waals surface area contributed by atoms with E-state index in [0.29, 0.717) is 6.54 Å². The Morgan fingerprint density at radius 1 is 1.42 bits per heavy atom. The Morgan fingerprint density at radius 3 is 3.17 bits per heavy atom. The predicted octanol–water partition coefficient (Wildman–Crippen LogP) is 1.94. The molecule has 0 bridgehead atoms. The molecule has 3 heterocycles. The Hall–Kier alpha value is -2.54. The van der Waals surface area contributed by atoms with Crippen molar-refractivity contribution in [2.75, 3.05) is 20.4 Å². The van der Waals surface area contributed by atoms with E-state index >= 15 is 0 Å². The molecule has 4 rings (SSSR count). The second-order valence-electron chi connectivity index (χ2n) is 5.99. The molecule has 2 aromatic rings. The second-order valence-corrected chi connectivity index (χ2v) is 5.99. The topological polar surface area (TPSA) is 76.7 Å². The molecule has 2 aliphatic rings. The molecule has 0 radical (unpaired) electrons. The number of benzene rings is 1. The molecule has 2 aliphatic heterocycles. The molecular formula is C17H19N3O4. The largest absolute Gasteiger partial charge is 0.468 e. The van der Waals surface area contributed by atoms with Crippen LogP contribution < -0.4 is 9.47 Å². The van der Waals surface area contributed by atoms with E-state index in [4.69, 9.17) is 14.2 Å². The van der Waals surface area contributed by atoms with Crippen molar-refractivity contribution in [1.82, 2.24) is 15.1 Å². The highest BCUT2D eigenvalue weighted by Crippen LogP contribution is 2.36. The molecule has 0 saturated carbocycles. The number of hydrogen-bond acceptors (Lipinski definition) is 6. The molecule has 7 heteroatoms. The molecule has 1 aromatic carbocycles.